The van der Waals surface area contributed by atoms with Crippen molar-refractivity contribution in [1.29, 1.82) is 0 Å². The van der Waals surface area contributed by atoms with Gasteiger partial charge in [0.05, 0.1) is 5.69 Å². The molecule has 3 nitrogen and oxygen atoms in total. The summed E-state index contributed by atoms with van der Waals surface area (Å²) in [4.78, 5) is 12.1. The molecule has 3 N–H and O–H groups in total. The van der Waals surface area contributed by atoms with E-state index >= 15 is 0 Å². The summed E-state index contributed by atoms with van der Waals surface area (Å²) in [6.07, 6.45) is 0. The Hall–Kier alpha value is -1.33. The zero-order chi connectivity index (χ0) is 14.0. The molecule has 0 aliphatic heterocycles. The van der Waals surface area contributed by atoms with Crippen molar-refractivity contribution >= 4 is 49.1 Å². The summed E-state index contributed by atoms with van der Waals surface area (Å²) in [7, 11) is 0. The highest BCUT2D eigenvalue weighted by molar-refractivity contribution is 9.11. The second-order valence-electron chi connectivity index (χ2n) is 4.15. The van der Waals surface area contributed by atoms with Crippen molar-refractivity contribution in [2.75, 3.05) is 11.1 Å². The Bertz CT molecular complexity index is 641. The number of rotatable bonds is 2. The lowest BCUT2D eigenvalue weighted by Gasteiger charge is -2.09. The van der Waals surface area contributed by atoms with Gasteiger partial charge in [-0.15, -0.1) is 0 Å². The number of carbonyl (C=O) groups excluding carboxylic acids is 1. The summed E-state index contributed by atoms with van der Waals surface area (Å²) in [5, 5.41) is 2.84. The van der Waals surface area contributed by atoms with E-state index in [9.17, 15) is 4.79 Å². The maximum Gasteiger partial charge on any atom is 0.255 e. The smallest absolute Gasteiger partial charge is 0.255 e. The number of anilines is 2. The number of nitrogen functional groups attached to an aromatic ring is 1. The number of amides is 1. The van der Waals surface area contributed by atoms with Crippen LogP contribution in [0.1, 0.15) is 15.9 Å². The van der Waals surface area contributed by atoms with Crippen LogP contribution >= 0.6 is 31.9 Å². The van der Waals surface area contributed by atoms with Crippen molar-refractivity contribution < 1.29 is 4.79 Å². The lowest BCUT2D eigenvalue weighted by Crippen LogP contribution is -2.12. The van der Waals surface area contributed by atoms with Gasteiger partial charge in [0.2, 0.25) is 0 Å². The minimum atomic E-state index is -0.185. The second-order valence-corrected chi connectivity index (χ2v) is 5.92. The zero-order valence-electron chi connectivity index (χ0n) is 10.2. The predicted octanol–water partition coefficient (Wildman–Crippen LogP) is 4.35. The van der Waals surface area contributed by atoms with E-state index in [1.54, 1.807) is 12.1 Å². The predicted molar refractivity (Wildman–Crippen MR) is 85.4 cm³/mol. The molecule has 2 aromatic rings. The maximum atomic E-state index is 12.1. The summed E-state index contributed by atoms with van der Waals surface area (Å²) in [6.45, 7) is 1.91. The Labute approximate surface area is 128 Å². The Morgan fingerprint density at radius 2 is 1.89 bits per heavy atom. The lowest BCUT2D eigenvalue weighted by molar-refractivity contribution is 0.102. The number of nitrogens with two attached hydrogens (primary N) is 1. The standard InChI is InChI=1S/C14H12Br2N2O/c1-8-2-3-9(6-12(8)17)14(19)18-13-5-4-10(15)7-11(13)16/h2-7H,17H2,1H3,(H,18,19). The molecular weight excluding hydrogens is 372 g/mol. The second kappa shape index (κ2) is 5.75. The van der Waals surface area contributed by atoms with Crippen LogP contribution < -0.4 is 11.1 Å². The van der Waals surface area contributed by atoms with Crippen molar-refractivity contribution in [2.24, 2.45) is 0 Å². The number of halogens is 2. The molecule has 2 aromatic carbocycles. The molecule has 0 saturated carbocycles. The molecule has 0 aliphatic carbocycles. The highest BCUT2D eigenvalue weighted by atomic mass is 79.9. The normalized spacial score (nSPS) is 10.3. The van der Waals surface area contributed by atoms with Gasteiger partial charge in [-0.3, -0.25) is 4.79 Å². The van der Waals surface area contributed by atoms with Crippen LogP contribution in [0.4, 0.5) is 11.4 Å². The van der Waals surface area contributed by atoms with Gasteiger partial charge in [-0.2, -0.15) is 0 Å². The van der Waals surface area contributed by atoms with Gasteiger partial charge in [-0.05, 0) is 58.7 Å². The number of hydrogen-bond acceptors (Lipinski definition) is 2. The summed E-state index contributed by atoms with van der Waals surface area (Å²) in [5.74, 6) is -0.185. The SMILES string of the molecule is Cc1ccc(C(=O)Nc2ccc(Br)cc2Br)cc1N. The van der Waals surface area contributed by atoms with Gasteiger partial charge in [0, 0.05) is 20.2 Å². The van der Waals surface area contributed by atoms with E-state index in [1.165, 1.54) is 0 Å². The van der Waals surface area contributed by atoms with Gasteiger partial charge in [0.15, 0.2) is 0 Å². The van der Waals surface area contributed by atoms with Crippen molar-refractivity contribution in [2.45, 2.75) is 6.92 Å². The topological polar surface area (TPSA) is 55.1 Å². The maximum absolute atomic E-state index is 12.1. The van der Waals surface area contributed by atoms with Crippen LogP contribution in [0.3, 0.4) is 0 Å². The molecule has 0 aliphatic rings. The van der Waals surface area contributed by atoms with Gasteiger partial charge >= 0.3 is 0 Å². The fourth-order valence-electron chi connectivity index (χ4n) is 1.57. The van der Waals surface area contributed by atoms with Gasteiger partial charge in [-0.1, -0.05) is 22.0 Å². The van der Waals surface area contributed by atoms with Crippen molar-refractivity contribution in [3.63, 3.8) is 0 Å². The summed E-state index contributed by atoms with van der Waals surface area (Å²) in [5.41, 5.74) is 8.63. The average Bonchev–Trinajstić information content (AvgIpc) is 2.36. The Morgan fingerprint density at radius 3 is 2.53 bits per heavy atom. The minimum absolute atomic E-state index is 0.185. The molecule has 0 radical (unpaired) electrons. The third-order valence-electron chi connectivity index (χ3n) is 2.72. The molecule has 98 valence electrons. The summed E-state index contributed by atoms with van der Waals surface area (Å²) in [6, 6.07) is 10.8. The van der Waals surface area contributed by atoms with Crippen LogP contribution in [-0.4, -0.2) is 5.91 Å². The van der Waals surface area contributed by atoms with Crippen LogP contribution in [0.5, 0.6) is 0 Å². The molecule has 19 heavy (non-hydrogen) atoms. The third-order valence-corrected chi connectivity index (χ3v) is 3.87. The Kier molecular flexibility index (Phi) is 4.27. The van der Waals surface area contributed by atoms with Crippen molar-refractivity contribution in [3.05, 3.63) is 56.5 Å². The summed E-state index contributed by atoms with van der Waals surface area (Å²) >= 11 is 6.77. The average molecular weight is 384 g/mol. The molecule has 0 saturated heterocycles. The minimum Gasteiger partial charge on any atom is -0.398 e. The zero-order valence-corrected chi connectivity index (χ0v) is 13.4. The first-order valence-electron chi connectivity index (χ1n) is 5.60. The molecule has 0 fully saturated rings. The van der Waals surface area contributed by atoms with Crippen LogP contribution in [-0.2, 0) is 0 Å². The first-order chi connectivity index (χ1) is 8.97. The fraction of sp³-hybridized carbons (Fsp3) is 0.0714. The molecule has 0 spiro atoms. The van der Waals surface area contributed by atoms with E-state index in [0.29, 0.717) is 16.9 Å². The van der Waals surface area contributed by atoms with E-state index < -0.39 is 0 Å². The third kappa shape index (κ3) is 3.36. The van der Waals surface area contributed by atoms with E-state index in [2.05, 4.69) is 37.2 Å². The van der Waals surface area contributed by atoms with Crippen LogP contribution in [0, 0.1) is 6.92 Å². The van der Waals surface area contributed by atoms with E-state index in [0.717, 1.165) is 14.5 Å². The van der Waals surface area contributed by atoms with Crippen LogP contribution in [0.2, 0.25) is 0 Å². The van der Waals surface area contributed by atoms with Gasteiger partial charge in [0.1, 0.15) is 0 Å². The summed E-state index contributed by atoms with van der Waals surface area (Å²) < 4.78 is 1.76. The monoisotopic (exact) mass is 382 g/mol. The van der Waals surface area contributed by atoms with Gasteiger partial charge in [0.25, 0.3) is 5.91 Å². The van der Waals surface area contributed by atoms with Gasteiger partial charge in [-0.25, -0.2) is 0 Å². The molecule has 0 heterocycles. The number of nitrogens with one attached hydrogen (secondary N) is 1. The first-order valence-corrected chi connectivity index (χ1v) is 7.18. The van der Waals surface area contributed by atoms with Crippen LogP contribution in [0.25, 0.3) is 0 Å². The van der Waals surface area contributed by atoms with Gasteiger partial charge < -0.3 is 11.1 Å². The molecule has 0 unspecified atom stereocenters. The van der Waals surface area contributed by atoms with E-state index in [1.807, 2.05) is 31.2 Å². The lowest BCUT2D eigenvalue weighted by atomic mass is 10.1. The number of hydrogen-bond donors (Lipinski definition) is 2. The first kappa shape index (κ1) is 14.1. The molecule has 0 atom stereocenters. The number of carbonyl (C=O) groups is 1. The Balaban J connectivity index is 2.23. The Morgan fingerprint density at radius 1 is 1.16 bits per heavy atom. The molecule has 2 rings (SSSR count). The number of benzene rings is 2. The molecule has 0 bridgehead atoms. The highest BCUT2D eigenvalue weighted by Crippen LogP contribution is 2.26. The largest absolute Gasteiger partial charge is 0.398 e. The molecule has 1 amide bonds. The van der Waals surface area contributed by atoms with Crippen molar-refractivity contribution in [1.82, 2.24) is 0 Å². The number of aryl methyl sites for hydroxylation is 1. The van der Waals surface area contributed by atoms with Crippen molar-refractivity contribution in [3.8, 4) is 0 Å². The molecule has 5 heteroatoms. The quantitative estimate of drug-likeness (QED) is 0.757. The van der Waals surface area contributed by atoms with E-state index in [-0.39, 0.29) is 5.91 Å². The van der Waals surface area contributed by atoms with E-state index in [4.69, 9.17) is 5.73 Å². The molecular formula is C14H12Br2N2O. The molecule has 0 aromatic heterocycles. The fourth-order valence-corrected chi connectivity index (χ4v) is 2.71. The van der Waals surface area contributed by atoms with Crippen LogP contribution in [0.15, 0.2) is 45.3 Å². The highest BCUT2D eigenvalue weighted by Gasteiger charge is 2.09.